The number of aromatic nitrogens is 3. The minimum Gasteiger partial charge on any atom is -0.493 e. The van der Waals surface area contributed by atoms with Crippen LogP contribution in [0.5, 0.6) is 5.75 Å². The maximum absolute atomic E-state index is 13.2. The monoisotopic (exact) mass is 500 g/mol. The summed E-state index contributed by atoms with van der Waals surface area (Å²) in [5.74, 6) is 1.95. The lowest BCUT2D eigenvalue weighted by Crippen LogP contribution is -2.42. The molecule has 2 fully saturated rings. The predicted octanol–water partition coefficient (Wildman–Crippen LogP) is 6.23. The smallest absolute Gasteiger partial charge is 0.222 e. The third-order valence-corrected chi connectivity index (χ3v) is 8.24. The number of hydrogen-bond donors (Lipinski definition) is 1. The summed E-state index contributed by atoms with van der Waals surface area (Å²) >= 11 is 0. The highest BCUT2D eigenvalue weighted by Crippen LogP contribution is 2.41. The topological polar surface area (TPSA) is 71.1 Å². The van der Waals surface area contributed by atoms with Crippen LogP contribution in [-0.4, -0.2) is 45.5 Å². The standard InChI is InChI=1S/C30H33FN4O2/c31-23-7-9-24(10-8-23)37-19-21-2-1-15-35(18-21)28(36)16-20-3-5-22(6-4-20)25-11-13-32-27-17-34-30-26(29(25)27)12-14-33-30/h7-14,17,20-22H,1-6,15-16,18-19H2,(H,33,34). The summed E-state index contributed by atoms with van der Waals surface area (Å²) in [5.41, 5.74) is 3.22. The maximum Gasteiger partial charge on any atom is 0.222 e. The zero-order valence-electron chi connectivity index (χ0n) is 21.0. The number of likely N-dealkylation sites (tertiary alicyclic amines) is 1. The lowest BCUT2D eigenvalue weighted by molar-refractivity contribution is -0.134. The highest BCUT2D eigenvalue weighted by Gasteiger charge is 2.29. The average Bonchev–Trinajstić information content (AvgIpc) is 3.42. The fourth-order valence-corrected chi connectivity index (χ4v) is 6.25. The van der Waals surface area contributed by atoms with Crippen LogP contribution in [0.1, 0.15) is 56.4 Å². The van der Waals surface area contributed by atoms with Crippen LogP contribution in [0.25, 0.3) is 21.9 Å². The van der Waals surface area contributed by atoms with Gasteiger partial charge in [-0.25, -0.2) is 9.37 Å². The van der Waals surface area contributed by atoms with E-state index in [4.69, 9.17) is 4.74 Å². The van der Waals surface area contributed by atoms with Crippen molar-refractivity contribution in [1.82, 2.24) is 19.9 Å². The number of rotatable bonds is 6. The lowest BCUT2D eigenvalue weighted by atomic mass is 9.76. The van der Waals surface area contributed by atoms with Gasteiger partial charge < -0.3 is 14.6 Å². The number of carbonyl (C=O) groups excluding carboxylic acids is 1. The second kappa shape index (κ2) is 10.5. The molecule has 1 saturated carbocycles. The van der Waals surface area contributed by atoms with Gasteiger partial charge in [-0.15, -0.1) is 0 Å². The van der Waals surface area contributed by atoms with Gasteiger partial charge in [-0.2, -0.15) is 0 Å². The average molecular weight is 501 g/mol. The first kappa shape index (κ1) is 23.9. The molecule has 3 aromatic heterocycles. The van der Waals surface area contributed by atoms with Crippen molar-refractivity contribution in [2.45, 2.75) is 50.9 Å². The molecule has 1 amide bonds. The van der Waals surface area contributed by atoms with Gasteiger partial charge in [-0.05, 0) is 92.3 Å². The van der Waals surface area contributed by atoms with Gasteiger partial charge in [0.15, 0.2) is 0 Å². The Morgan fingerprint density at radius 1 is 1.03 bits per heavy atom. The predicted molar refractivity (Wildman–Crippen MR) is 142 cm³/mol. The summed E-state index contributed by atoms with van der Waals surface area (Å²) in [5, 5.41) is 2.36. The number of aromatic amines is 1. The van der Waals surface area contributed by atoms with Crippen LogP contribution in [0.3, 0.4) is 0 Å². The number of piperidine rings is 1. The summed E-state index contributed by atoms with van der Waals surface area (Å²) in [6.45, 7) is 2.15. The van der Waals surface area contributed by atoms with Crippen molar-refractivity contribution in [3.63, 3.8) is 0 Å². The zero-order chi connectivity index (χ0) is 25.2. The largest absolute Gasteiger partial charge is 0.493 e. The Morgan fingerprint density at radius 3 is 2.70 bits per heavy atom. The minimum absolute atomic E-state index is 0.264. The minimum atomic E-state index is -0.264. The molecule has 0 radical (unpaired) electrons. The van der Waals surface area contributed by atoms with Gasteiger partial charge in [-0.1, -0.05) is 0 Å². The van der Waals surface area contributed by atoms with E-state index in [9.17, 15) is 9.18 Å². The van der Waals surface area contributed by atoms with Gasteiger partial charge in [0.05, 0.1) is 18.3 Å². The van der Waals surface area contributed by atoms with E-state index in [0.717, 1.165) is 68.2 Å². The Balaban J connectivity index is 1.03. The number of fused-ring (bicyclic) bond motifs is 3. The van der Waals surface area contributed by atoms with E-state index in [0.29, 0.717) is 36.5 Å². The van der Waals surface area contributed by atoms with Gasteiger partial charge in [0.2, 0.25) is 5.91 Å². The van der Waals surface area contributed by atoms with E-state index < -0.39 is 0 Å². The van der Waals surface area contributed by atoms with Crippen molar-refractivity contribution in [1.29, 1.82) is 0 Å². The number of carbonyl (C=O) groups is 1. The number of amides is 1. The van der Waals surface area contributed by atoms with Gasteiger partial charge in [0, 0.05) is 48.6 Å². The molecule has 6 rings (SSSR count). The molecule has 2 aliphatic rings. The molecule has 37 heavy (non-hydrogen) atoms. The summed E-state index contributed by atoms with van der Waals surface area (Å²) in [6.07, 6.45) is 12.8. The fourth-order valence-electron chi connectivity index (χ4n) is 6.25. The summed E-state index contributed by atoms with van der Waals surface area (Å²) in [6, 6.07) is 10.4. The lowest BCUT2D eigenvalue weighted by Gasteiger charge is -2.35. The fraction of sp³-hybridized carbons (Fsp3) is 0.433. The van der Waals surface area contributed by atoms with Crippen LogP contribution in [0.2, 0.25) is 0 Å². The van der Waals surface area contributed by atoms with Crippen LogP contribution in [-0.2, 0) is 4.79 Å². The molecule has 6 nitrogen and oxygen atoms in total. The number of H-pyrrole nitrogens is 1. The highest BCUT2D eigenvalue weighted by molar-refractivity contribution is 6.05. The Kier molecular flexibility index (Phi) is 6.77. The summed E-state index contributed by atoms with van der Waals surface area (Å²) in [4.78, 5) is 27.5. The number of nitrogens with zero attached hydrogens (tertiary/aromatic N) is 3. The second-order valence-corrected chi connectivity index (χ2v) is 10.7. The van der Waals surface area contributed by atoms with Crippen molar-refractivity contribution in [3.8, 4) is 5.75 Å². The van der Waals surface area contributed by atoms with Crippen molar-refractivity contribution < 1.29 is 13.9 Å². The van der Waals surface area contributed by atoms with E-state index in [1.54, 1.807) is 12.1 Å². The Hall–Kier alpha value is -3.48. The molecule has 1 atom stereocenters. The molecule has 7 heteroatoms. The number of halogens is 1. The molecular weight excluding hydrogens is 467 g/mol. The molecule has 0 spiro atoms. The molecule has 4 heterocycles. The first-order chi connectivity index (χ1) is 18.1. The molecule has 1 aliphatic carbocycles. The molecular formula is C30H33FN4O2. The third kappa shape index (κ3) is 5.17. The maximum atomic E-state index is 13.2. The Morgan fingerprint density at radius 2 is 1.86 bits per heavy atom. The molecule has 1 aromatic carbocycles. The molecule has 1 saturated heterocycles. The highest BCUT2D eigenvalue weighted by atomic mass is 19.1. The van der Waals surface area contributed by atoms with Crippen molar-refractivity contribution in [2.75, 3.05) is 19.7 Å². The van der Waals surface area contributed by atoms with Crippen LogP contribution in [0, 0.1) is 17.7 Å². The first-order valence-corrected chi connectivity index (χ1v) is 13.5. The van der Waals surface area contributed by atoms with Gasteiger partial charge in [-0.3, -0.25) is 9.78 Å². The third-order valence-electron chi connectivity index (χ3n) is 8.24. The first-order valence-electron chi connectivity index (χ1n) is 13.5. The van der Waals surface area contributed by atoms with Crippen molar-refractivity contribution >= 4 is 27.8 Å². The van der Waals surface area contributed by atoms with Gasteiger partial charge in [0.25, 0.3) is 0 Å². The van der Waals surface area contributed by atoms with Crippen molar-refractivity contribution in [2.24, 2.45) is 11.8 Å². The van der Waals surface area contributed by atoms with Crippen LogP contribution < -0.4 is 4.74 Å². The number of pyridine rings is 2. The molecule has 0 bridgehead atoms. The summed E-state index contributed by atoms with van der Waals surface area (Å²) < 4.78 is 19.0. The summed E-state index contributed by atoms with van der Waals surface area (Å²) in [7, 11) is 0. The second-order valence-electron chi connectivity index (χ2n) is 10.7. The number of nitrogens with one attached hydrogen (secondary N) is 1. The molecule has 192 valence electrons. The number of ether oxygens (including phenoxy) is 1. The van der Waals surface area contributed by atoms with E-state index >= 15 is 0 Å². The van der Waals surface area contributed by atoms with Gasteiger partial charge >= 0.3 is 0 Å². The van der Waals surface area contributed by atoms with Crippen LogP contribution >= 0.6 is 0 Å². The van der Waals surface area contributed by atoms with E-state index in [2.05, 4.69) is 27.1 Å². The molecule has 1 unspecified atom stereocenters. The van der Waals surface area contributed by atoms with E-state index in [-0.39, 0.29) is 11.7 Å². The van der Waals surface area contributed by atoms with E-state index in [1.807, 2.05) is 23.5 Å². The molecule has 1 N–H and O–H groups in total. The Bertz CT molecular complexity index is 1380. The Labute approximate surface area is 216 Å². The number of hydrogen-bond acceptors (Lipinski definition) is 4. The van der Waals surface area contributed by atoms with Gasteiger partial charge in [0.1, 0.15) is 17.2 Å². The zero-order valence-corrected chi connectivity index (χ0v) is 21.0. The molecule has 4 aromatic rings. The normalized spacial score (nSPS) is 22.4. The molecule has 1 aliphatic heterocycles. The SMILES string of the molecule is O=C(CC1CCC(c2ccnc3cnc4[nH]ccc4c23)CC1)N1CCCC(COc2ccc(F)cc2)C1. The van der Waals surface area contributed by atoms with Crippen LogP contribution in [0.4, 0.5) is 4.39 Å². The van der Waals surface area contributed by atoms with Crippen LogP contribution in [0.15, 0.2) is 55.0 Å². The number of benzene rings is 1. The van der Waals surface area contributed by atoms with Crippen molar-refractivity contribution in [3.05, 3.63) is 66.4 Å². The van der Waals surface area contributed by atoms with E-state index in [1.165, 1.54) is 23.1 Å². The quantitative estimate of drug-likeness (QED) is 0.341.